The number of rotatable bonds is 6. The molecule has 0 fully saturated rings. The van der Waals surface area contributed by atoms with E-state index in [1.54, 1.807) is 24.3 Å². The van der Waals surface area contributed by atoms with Gasteiger partial charge in [0.05, 0.1) is 25.3 Å². The number of benzene rings is 2. The van der Waals surface area contributed by atoms with Gasteiger partial charge in [0.25, 0.3) is 10.0 Å². The van der Waals surface area contributed by atoms with Gasteiger partial charge in [-0.2, -0.15) is 13.5 Å². The van der Waals surface area contributed by atoms with E-state index in [1.165, 1.54) is 44.7 Å². The number of carbonyl (C=O) groups excluding carboxylic acids is 1. The first-order valence-corrected chi connectivity index (χ1v) is 8.48. The lowest BCUT2D eigenvalue weighted by molar-refractivity contribution is 0.120. The molecule has 0 heterocycles. The van der Waals surface area contributed by atoms with Gasteiger partial charge in [0.2, 0.25) is 0 Å². The van der Waals surface area contributed by atoms with E-state index < -0.39 is 16.2 Å². The van der Waals surface area contributed by atoms with Crippen molar-refractivity contribution in [1.82, 2.24) is 4.83 Å². The lowest BCUT2D eigenvalue weighted by Gasteiger charge is -2.08. The topological polar surface area (TPSA) is 103 Å². The highest BCUT2D eigenvalue weighted by molar-refractivity contribution is 7.89. The van der Waals surface area contributed by atoms with Crippen LogP contribution in [0, 0.1) is 0 Å². The Morgan fingerprint density at radius 1 is 1.08 bits per heavy atom. The van der Waals surface area contributed by atoms with Crippen LogP contribution in [0.1, 0.15) is 5.56 Å². The third-order valence-electron chi connectivity index (χ3n) is 2.99. The Bertz CT molecular complexity index is 865. The molecule has 2 aromatic carbocycles. The summed E-state index contributed by atoms with van der Waals surface area (Å²) in [7, 11) is -1.15. The van der Waals surface area contributed by atoms with Gasteiger partial charge in [-0.3, -0.25) is 0 Å². The van der Waals surface area contributed by atoms with Crippen LogP contribution in [0.25, 0.3) is 0 Å². The van der Waals surface area contributed by atoms with Gasteiger partial charge in [-0.05, 0) is 35.9 Å². The zero-order valence-electron chi connectivity index (χ0n) is 13.5. The molecule has 132 valence electrons. The number of nitrogens with one attached hydrogen (secondary N) is 1. The van der Waals surface area contributed by atoms with E-state index in [2.05, 4.69) is 14.7 Å². The molecule has 0 atom stereocenters. The van der Waals surface area contributed by atoms with Crippen molar-refractivity contribution in [2.75, 3.05) is 14.2 Å². The second-order valence-electron chi connectivity index (χ2n) is 4.63. The molecule has 0 unspecified atom stereocenters. The molecule has 0 aliphatic rings. The van der Waals surface area contributed by atoms with Crippen molar-refractivity contribution >= 4 is 22.4 Å². The molecule has 0 saturated carbocycles. The summed E-state index contributed by atoms with van der Waals surface area (Å²) in [4.78, 5) is 13.4. The fraction of sp³-hybridized carbons (Fsp3) is 0.125. The minimum absolute atomic E-state index is 0.103. The van der Waals surface area contributed by atoms with Gasteiger partial charge in [-0.25, -0.2) is 9.63 Å². The SMILES string of the molecule is COC(=O)Oc1ccc(C=NNS(=O)(=O)c2ccccc2)cc1OC. The smallest absolute Gasteiger partial charge is 0.493 e. The van der Waals surface area contributed by atoms with Gasteiger partial charge in [0.1, 0.15) is 0 Å². The van der Waals surface area contributed by atoms with Crippen LogP contribution in [0.5, 0.6) is 11.5 Å². The monoisotopic (exact) mass is 364 g/mol. The number of methoxy groups -OCH3 is 2. The number of sulfonamides is 1. The Morgan fingerprint density at radius 3 is 2.44 bits per heavy atom. The molecule has 2 aromatic rings. The van der Waals surface area contributed by atoms with Crippen molar-refractivity contribution in [2.24, 2.45) is 5.10 Å². The Balaban J connectivity index is 2.12. The van der Waals surface area contributed by atoms with E-state index in [9.17, 15) is 13.2 Å². The average molecular weight is 364 g/mol. The standard InChI is InChI=1S/C16H16N2O6S/c1-22-15-10-12(8-9-14(15)24-16(19)23-2)11-17-18-25(20,21)13-6-4-3-5-7-13/h3-11,18H,1-2H3. The molecule has 1 N–H and O–H groups in total. The Labute approximate surface area is 145 Å². The first-order valence-electron chi connectivity index (χ1n) is 7.00. The summed E-state index contributed by atoms with van der Waals surface area (Å²) >= 11 is 0. The summed E-state index contributed by atoms with van der Waals surface area (Å²) in [6.07, 6.45) is 0.417. The normalized spacial score (nSPS) is 11.1. The molecule has 0 bridgehead atoms. The molecular formula is C16H16N2O6S. The van der Waals surface area contributed by atoms with Crippen LogP contribution >= 0.6 is 0 Å². The summed E-state index contributed by atoms with van der Waals surface area (Å²) in [6.45, 7) is 0. The van der Waals surface area contributed by atoms with Crippen LogP contribution in [0.15, 0.2) is 58.5 Å². The van der Waals surface area contributed by atoms with E-state index in [4.69, 9.17) is 9.47 Å². The predicted molar refractivity (Wildman–Crippen MR) is 90.4 cm³/mol. The quantitative estimate of drug-likeness (QED) is 0.365. The van der Waals surface area contributed by atoms with Crippen molar-refractivity contribution in [3.8, 4) is 11.5 Å². The fourth-order valence-corrected chi connectivity index (χ4v) is 2.62. The van der Waals surface area contributed by atoms with E-state index >= 15 is 0 Å². The van der Waals surface area contributed by atoms with Crippen molar-refractivity contribution < 1.29 is 27.4 Å². The average Bonchev–Trinajstić information content (AvgIpc) is 2.63. The van der Waals surface area contributed by atoms with Crippen LogP contribution < -0.4 is 14.3 Å². The van der Waals surface area contributed by atoms with Gasteiger partial charge in [-0.1, -0.05) is 18.2 Å². The van der Waals surface area contributed by atoms with Crippen LogP contribution in [0.2, 0.25) is 0 Å². The van der Waals surface area contributed by atoms with E-state index in [-0.39, 0.29) is 16.4 Å². The Hall–Kier alpha value is -3.07. The number of hydrogen-bond acceptors (Lipinski definition) is 7. The molecule has 0 spiro atoms. The second-order valence-corrected chi connectivity index (χ2v) is 6.29. The molecule has 8 nitrogen and oxygen atoms in total. The molecule has 0 aromatic heterocycles. The Kier molecular flexibility index (Phi) is 5.96. The predicted octanol–water partition coefficient (Wildman–Crippen LogP) is 2.15. The number of hydrogen-bond donors (Lipinski definition) is 1. The third kappa shape index (κ3) is 4.95. The maximum Gasteiger partial charge on any atom is 0.513 e. The molecule has 0 aliphatic carbocycles. The fourth-order valence-electron chi connectivity index (χ4n) is 1.80. The molecule has 9 heteroatoms. The lowest BCUT2D eigenvalue weighted by atomic mass is 10.2. The molecule has 0 radical (unpaired) electrons. The molecule has 2 rings (SSSR count). The van der Waals surface area contributed by atoms with Gasteiger partial charge >= 0.3 is 6.16 Å². The van der Waals surface area contributed by atoms with Crippen molar-refractivity contribution in [1.29, 1.82) is 0 Å². The minimum Gasteiger partial charge on any atom is -0.493 e. The summed E-state index contributed by atoms with van der Waals surface area (Å²) in [5.41, 5.74) is 0.532. The molecule has 25 heavy (non-hydrogen) atoms. The largest absolute Gasteiger partial charge is 0.513 e. The van der Waals surface area contributed by atoms with E-state index in [0.29, 0.717) is 5.56 Å². The van der Waals surface area contributed by atoms with Gasteiger partial charge in [0, 0.05) is 0 Å². The number of nitrogens with zero attached hydrogens (tertiary/aromatic N) is 1. The van der Waals surface area contributed by atoms with Crippen molar-refractivity contribution in [3.63, 3.8) is 0 Å². The van der Waals surface area contributed by atoms with Crippen LogP contribution in [-0.2, 0) is 14.8 Å². The second kappa shape index (κ2) is 8.15. The number of ether oxygens (including phenoxy) is 3. The summed E-state index contributed by atoms with van der Waals surface area (Å²) < 4.78 is 38.5. The van der Waals surface area contributed by atoms with Crippen LogP contribution in [-0.4, -0.2) is 35.0 Å². The first kappa shape index (κ1) is 18.3. The highest BCUT2D eigenvalue weighted by Crippen LogP contribution is 2.27. The number of hydrazone groups is 1. The highest BCUT2D eigenvalue weighted by Gasteiger charge is 2.12. The van der Waals surface area contributed by atoms with Crippen LogP contribution in [0.4, 0.5) is 4.79 Å². The van der Waals surface area contributed by atoms with Crippen LogP contribution in [0.3, 0.4) is 0 Å². The maximum absolute atomic E-state index is 12.0. The molecule has 0 amide bonds. The zero-order chi connectivity index (χ0) is 18.3. The van der Waals surface area contributed by atoms with Gasteiger partial charge in [0.15, 0.2) is 11.5 Å². The van der Waals surface area contributed by atoms with E-state index in [0.717, 1.165) is 0 Å². The van der Waals surface area contributed by atoms with Crippen molar-refractivity contribution in [2.45, 2.75) is 4.90 Å². The van der Waals surface area contributed by atoms with Gasteiger partial charge < -0.3 is 14.2 Å². The molecule has 0 aliphatic heterocycles. The number of carbonyl (C=O) groups is 1. The summed E-state index contributed by atoms with van der Waals surface area (Å²) in [5, 5.41) is 3.72. The minimum atomic E-state index is -3.74. The lowest BCUT2D eigenvalue weighted by Crippen LogP contribution is -2.18. The zero-order valence-corrected chi connectivity index (χ0v) is 14.3. The molecule has 0 saturated heterocycles. The first-order chi connectivity index (χ1) is 12.0. The summed E-state index contributed by atoms with van der Waals surface area (Å²) in [5.74, 6) is 0.427. The maximum atomic E-state index is 12.0. The van der Waals surface area contributed by atoms with E-state index in [1.807, 2.05) is 0 Å². The van der Waals surface area contributed by atoms with Crippen molar-refractivity contribution in [3.05, 3.63) is 54.1 Å². The van der Waals surface area contributed by atoms with Gasteiger partial charge in [-0.15, -0.1) is 0 Å². The Morgan fingerprint density at radius 2 is 1.80 bits per heavy atom. The highest BCUT2D eigenvalue weighted by atomic mass is 32.2. The molecular weight excluding hydrogens is 348 g/mol. The summed E-state index contributed by atoms with van der Waals surface area (Å²) in [6, 6.07) is 12.4. The third-order valence-corrected chi connectivity index (χ3v) is 4.23.